The summed E-state index contributed by atoms with van der Waals surface area (Å²) < 4.78 is 6.03. The van der Waals surface area contributed by atoms with E-state index in [1.54, 1.807) is 0 Å². The number of aromatic nitrogens is 1. The second-order valence-corrected chi connectivity index (χ2v) is 5.31. The van der Waals surface area contributed by atoms with Crippen molar-refractivity contribution in [2.75, 3.05) is 0 Å². The third-order valence-electron chi connectivity index (χ3n) is 4.00. The van der Waals surface area contributed by atoms with Gasteiger partial charge < -0.3 is 10.1 Å². The Bertz CT molecular complexity index is 382. The van der Waals surface area contributed by atoms with E-state index in [4.69, 9.17) is 4.74 Å². The van der Waals surface area contributed by atoms with Gasteiger partial charge in [0.25, 0.3) is 0 Å². The maximum absolute atomic E-state index is 6.03. The molecule has 92 valence electrons. The number of fused-ring (bicyclic) bond motifs is 2. The Labute approximate surface area is 103 Å². The number of aryl methyl sites for hydroxylation is 1. The molecule has 17 heavy (non-hydrogen) atoms. The summed E-state index contributed by atoms with van der Waals surface area (Å²) in [5.74, 6) is 0. The molecule has 3 heteroatoms. The van der Waals surface area contributed by atoms with Gasteiger partial charge in [-0.2, -0.15) is 0 Å². The van der Waals surface area contributed by atoms with E-state index in [2.05, 4.69) is 23.3 Å². The molecule has 0 spiro atoms. The molecule has 0 aliphatic carbocycles. The van der Waals surface area contributed by atoms with Crippen LogP contribution in [0.1, 0.15) is 36.9 Å². The molecule has 2 aliphatic heterocycles. The number of pyridine rings is 1. The number of nitrogens with one attached hydrogen (secondary N) is 1. The van der Waals surface area contributed by atoms with Crippen LogP contribution in [-0.4, -0.2) is 23.2 Å². The summed E-state index contributed by atoms with van der Waals surface area (Å²) in [6.45, 7) is 2.76. The first-order chi connectivity index (χ1) is 8.31. The second-order valence-electron chi connectivity index (χ2n) is 5.31. The van der Waals surface area contributed by atoms with Crippen LogP contribution in [0.3, 0.4) is 0 Å². The van der Waals surface area contributed by atoms with Gasteiger partial charge in [-0.3, -0.25) is 4.98 Å². The van der Waals surface area contributed by atoms with Crippen LogP contribution in [0.2, 0.25) is 0 Å². The Kier molecular flexibility index (Phi) is 3.12. The number of rotatable bonds is 3. The van der Waals surface area contributed by atoms with Crippen molar-refractivity contribution < 1.29 is 4.74 Å². The Balaban J connectivity index is 1.56. The van der Waals surface area contributed by atoms with Crippen LogP contribution in [0.25, 0.3) is 0 Å². The predicted molar refractivity (Wildman–Crippen MR) is 66.7 cm³/mol. The maximum atomic E-state index is 6.03. The molecule has 2 atom stereocenters. The van der Waals surface area contributed by atoms with E-state index in [-0.39, 0.29) is 0 Å². The SMILES string of the molecule is Cc1cccnc1COC1CC2CCC(C1)N2. The number of hydrogen-bond acceptors (Lipinski definition) is 3. The van der Waals surface area contributed by atoms with Crippen LogP contribution in [0.15, 0.2) is 18.3 Å². The molecule has 2 saturated heterocycles. The Morgan fingerprint density at radius 3 is 2.82 bits per heavy atom. The van der Waals surface area contributed by atoms with Gasteiger partial charge in [0.1, 0.15) is 0 Å². The minimum atomic E-state index is 0.426. The molecule has 2 bridgehead atoms. The zero-order chi connectivity index (χ0) is 11.7. The summed E-state index contributed by atoms with van der Waals surface area (Å²) >= 11 is 0. The van der Waals surface area contributed by atoms with Gasteiger partial charge in [-0.25, -0.2) is 0 Å². The summed E-state index contributed by atoms with van der Waals surface area (Å²) in [5, 5.41) is 3.63. The minimum Gasteiger partial charge on any atom is -0.372 e. The van der Waals surface area contributed by atoms with E-state index < -0.39 is 0 Å². The molecular weight excluding hydrogens is 212 g/mol. The van der Waals surface area contributed by atoms with Gasteiger partial charge in [0.2, 0.25) is 0 Å². The third kappa shape index (κ3) is 2.50. The van der Waals surface area contributed by atoms with Gasteiger partial charge in [0, 0.05) is 18.3 Å². The van der Waals surface area contributed by atoms with Crippen molar-refractivity contribution in [1.82, 2.24) is 10.3 Å². The normalized spacial score (nSPS) is 31.7. The molecule has 0 radical (unpaired) electrons. The van der Waals surface area contributed by atoms with Crippen LogP contribution in [-0.2, 0) is 11.3 Å². The standard InChI is InChI=1S/C14H20N2O/c1-10-3-2-6-15-14(10)9-17-13-7-11-4-5-12(8-13)16-11/h2-3,6,11-13,16H,4-5,7-9H2,1H3. The monoisotopic (exact) mass is 232 g/mol. The lowest BCUT2D eigenvalue weighted by molar-refractivity contribution is 0.00744. The van der Waals surface area contributed by atoms with Crippen LogP contribution >= 0.6 is 0 Å². The van der Waals surface area contributed by atoms with Crippen molar-refractivity contribution in [3.63, 3.8) is 0 Å². The smallest absolute Gasteiger partial charge is 0.0894 e. The number of piperidine rings is 1. The largest absolute Gasteiger partial charge is 0.372 e. The van der Waals surface area contributed by atoms with E-state index in [9.17, 15) is 0 Å². The van der Waals surface area contributed by atoms with Crippen LogP contribution in [0.5, 0.6) is 0 Å². The molecule has 1 aromatic rings. The lowest BCUT2D eigenvalue weighted by Crippen LogP contribution is -2.41. The van der Waals surface area contributed by atoms with Crippen LogP contribution in [0, 0.1) is 6.92 Å². The fourth-order valence-corrected chi connectivity index (χ4v) is 3.01. The van der Waals surface area contributed by atoms with Crippen LogP contribution in [0.4, 0.5) is 0 Å². The third-order valence-corrected chi connectivity index (χ3v) is 4.00. The van der Waals surface area contributed by atoms with Crippen molar-refractivity contribution in [1.29, 1.82) is 0 Å². The van der Waals surface area contributed by atoms with Crippen molar-refractivity contribution in [2.45, 2.75) is 57.4 Å². The predicted octanol–water partition coefficient (Wildman–Crippen LogP) is 2.19. The zero-order valence-corrected chi connectivity index (χ0v) is 10.4. The minimum absolute atomic E-state index is 0.426. The zero-order valence-electron chi connectivity index (χ0n) is 10.4. The van der Waals surface area contributed by atoms with Crippen molar-refractivity contribution in [2.24, 2.45) is 0 Å². The molecule has 1 aromatic heterocycles. The first-order valence-corrected chi connectivity index (χ1v) is 6.59. The lowest BCUT2D eigenvalue weighted by Gasteiger charge is -2.29. The highest BCUT2D eigenvalue weighted by Crippen LogP contribution is 2.28. The van der Waals surface area contributed by atoms with Gasteiger partial charge in [0.05, 0.1) is 18.4 Å². The maximum Gasteiger partial charge on any atom is 0.0894 e. The highest BCUT2D eigenvalue weighted by molar-refractivity contribution is 5.16. The van der Waals surface area contributed by atoms with E-state index in [0.717, 1.165) is 5.69 Å². The molecule has 2 fully saturated rings. The molecule has 3 rings (SSSR count). The van der Waals surface area contributed by atoms with Gasteiger partial charge in [-0.1, -0.05) is 6.07 Å². The first-order valence-electron chi connectivity index (χ1n) is 6.59. The van der Waals surface area contributed by atoms with E-state index >= 15 is 0 Å². The molecule has 1 N–H and O–H groups in total. The average Bonchev–Trinajstić information content (AvgIpc) is 2.68. The molecule has 0 aromatic carbocycles. The van der Waals surface area contributed by atoms with E-state index in [1.165, 1.54) is 31.2 Å². The molecular formula is C14H20N2O. The summed E-state index contributed by atoms with van der Waals surface area (Å²) in [6, 6.07) is 5.47. The number of hydrogen-bond donors (Lipinski definition) is 1. The first kappa shape index (κ1) is 11.2. The van der Waals surface area contributed by atoms with Gasteiger partial charge in [-0.05, 0) is 44.2 Å². The molecule has 0 amide bonds. The summed E-state index contributed by atoms with van der Waals surface area (Å²) in [5.41, 5.74) is 2.31. The van der Waals surface area contributed by atoms with Gasteiger partial charge >= 0.3 is 0 Å². The Morgan fingerprint density at radius 2 is 2.12 bits per heavy atom. The van der Waals surface area contributed by atoms with E-state index in [1.807, 2.05) is 12.3 Å². The molecule has 0 saturated carbocycles. The highest BCUT2D eigenvalue weighted by Gasteiger charge is 2.33. The quantitative estimate of drug-likeness (QED) is 0.867. The lowest BCUT2D eigenvalue weighted by atomic mass is 10.0. The van der Waals surface area contributed by atoms with Gasteiger partial charge in [0.15, 0.2) is 0 Å². The van der Waals surface area contributed by atoms with Crippen molar-refractivity contribution in [3.8, 4) is 0 Å². The Hall–Kier alpha value is -0.930. The molecule has 2 aliphatic rings. The summed E-state index contributed by atoms with van der Waals surface area (Å²) in [4.78, 5) is 4.38. The van der Waals surface area contributed by atoms with Crippen molar-refractivity contribution >= 4 is 0 Å². The second kappa shape index (κ2) is 4.75. The molecule has 3 nitrogen and oxygen atoms in total. The molecule has 3 heterocycles. The topological polar surface area (TPSA) is 34.1 Å². The van der Waals surface area contributed by atoms with Crippen molar-refractivity contribution in [3.05, 3.63) is 29.6 Å². The van der Waals surface area contributed by atoms with Gasteiger partial charge in [-0.15, -0.1) is 0 Å². The number of nitrogens with zero attached hydrogens (tertiary/aromatic N) is 1. The Morgan fingerprint density at radius 1 is 1.35 bits per heavy atom. The number of ether oxygens (including phenoxy) is 1. The average molecular weight is 232 g/mol. The fourth-order valence-electron chi connectivity index (χ4n) is 3.01. The van der Waals surface area contributed by atoms with E-state index in [0.29, 0.717) is 24.8 Å². The molecule has 2 unspecified atom stereocenters. The fraction of sp³-hybridized carbons (Fsp3) is 0.643. The highest BCUT2D eigenvalue weighted by atomic mass is 16.5. The van der Waals surface area contributed by atoms with Crippen LogP contribution < -0.4 is 5.32 Å². The summed E-state index contributed by atoms with van der Waals surface area (Å²) in [6.07, 6.45) is 7.26. The summed E-state index contributed by atoms with van der Waals surface area (Å²) in [7, 11) is 0.